The summed E-state index contributed by atoms with van der Waals surface area (Å²) in [6, 6.07) is 9.65. The smallest absolute Gasteiger partial charge is 0.308 e. The van der Waals surface area contributed by atoms with Crippen LogP contribution in [-0.4, -0.2) is 29.3 Å². The second kappa shape index (κ2) is 7.38. The third-order valence-electron chi connectivity index (χ3n) is 3.24. The minimum Gasteiger partial charge on any atom is -0.461 e. The van der Waals surface area contributed by atoms with Gasteiger partial charge in [-0.1, -0.05) is 46.3 Å². The number of rotatable bonds is 5. The van der Waals surface area contributed by atoms with E-state index in [9.17, 15) is 4.79 Å². The highest BCUT2D eigenvalue weighted by atomic mass is 79.9. The van der Waals surface area contributed by atoms with E-state index in [0.717, 1.165) is 10.9 Å². The lowest BCUT2D eigenvalue weighted by molar-refractivity contribution is -0.295. The molecular formula is C16H21BrO4. The van der Waals surface area contributed by atoms with Crippen LogP contribution in [0, 0.1) is 0 Å². The number of alkyl halides is 1. The van der Waals surface area contributed by atoms with Crippen LogP contribution < -0.4 is 0 Å². The predicted molar refractivity (Wildman–Crippen MR) is 83.1 cm³/mol. The van der Waals surface area contributed by atoms with E-state index in [1.165, 1.54) is 0 Å². The van der Waals surface area contributed by atoms with E-state index >= 15 is 0 Å². The second-order valence-corrected chi connectivity index (χ2v) is 6.27. The summed E-state index contributed by atoms with van der Waals surface area (Å²) in [6.07, 6.45) is 0.832. The zero-order chi connectivity index (χ0) is 15.3. The molecule has 1 aliphatic heterocycles. The number of hydrogen-bond donors (Lipinski definition) is 0. The molecule has 0 amide bonds. The van der Waals surface area contributed by atoms with Gasteiger partial charge in [0.05, 0.1) is 18.6 Å². The largest absolute Gasteiger partial charge is 0.461 e. The first-order valence-corrected chi connectivity index (χ1v) is 8.22. The average molecular weight is 357 g/mol. The van der Waals surface area contributed by atoms with Gasteiger partial charge in [-0.05, 0) is 19.4 Å². The molecule has 0 saturated carbocycles. The molecule has 0 aliphatic carbocycles. The summed E-state index contributed by atoms with van der Waals surface area (Å²) in [6.45, 7) is 4.03. The van der Waals surface area contributed by atoms with Gasteiger partial charge in [0.25, 0.3) is 0 Å². The zero-order valence-corrected chi connectivity index (χ0v) is 14.0. The van der Waals surface area contributed by atoms with Crippen molar-refractivity contribution in [3.8, 4) is 0 Å². The van der Waals surface area contributed by atoms with Gasteiger partial charge in [-0.3, -0.25) is 4.79 Å². The van der Waals surface area contributed by atoms with Crippen molar-refractivity contribution in [2.24, 2.45) is 0 Å². The molecule has 1 fully saturated rings. The van der Waals surface area contributed by atoms with E-state index in [1.54, 1.807) is 0 Å². The fourth-order valence-electron chi connectivity index (χ4n) is 2.42. The van der Waals surface area contributed by atoms with Crippen LogP contribution in [0.25, 0.3) is 0 Å². The fourth-order valence-corrected chi connectivity index (χ4v) is 2.82. The summed E-state index contributed by atoms with van der Waals surface area (Å²) in [5, 5.41) is 0.732. The molecule has 1 aromatic rings. The van der Waals surface area contributed by atoms with Crippen LogP contribution in [0.4, 0.5) is 0 Å². The van der Waals surface area contributed by atoms with Gasteiger partial charge in [0.15, 0.2) is 5.79 Å². The van der Waals surface area contributed by atoms with Gasteiger partial charge in [0, 0.05) is 11.8 Å². The molecule has 0 aromatic heterocycles. The second-order valence-electron chi connectivity index (χ2n) is 5.62. The summed E-state index contributed by atoms with van der Waals surface area (Å²) < 4.78 is 16.8. The Kier molecular flexibility index (Phi) is 5.79. The van der Waals surface area contributed by atoms with Gasteiger partial charge >= 0.3 is 5.97 Å². The minimum atomic E-state index is -0.666. The maximum Gasteiger partial charge on any atom is 0.308 e. The van der Waals surface area contributed by atoms with Gasteiger partial charge in [-0.25, -0.2) is 0 Å². The number of halogens is 1. The molecule has 4 nitrogen and oxygen atoms in total. The van der Waals surface area contributed by atoms with Crippen molar-refractivity contribution in [2.45, 2.75) is 51.3 Å². The summed E-state index contributed by atoms with van der Waals surface area (Å²) in [5.74, 6) is -0.906. The SMILES string of the molecule is CC1(C)OC(CBr)CC(CC(=O)OCc2ccccc2)O1. The van der Waals surface area contributed by atoms with E-state index in [-0.39, 0.29) is 24.6 Å². The Hall–Kier alpha value is -0.910. The normalized spacial score (nSPS) is 24.5. The van der Waals surface area contributed by atoms with Crippen LogP contribution in [0.15, 0.2) is 30.3 Å². The highest BCUT2D eigenvalue weighted by molar-refractivity contribution is 9.09. The molecule has 0 radical (unpaired) electrons. The lowest BCUT2D eigenvalue weighted by Gasteiger charge is -2.40. The van der Waals surface area contributed by atoms with Crippen molar-refractivity contribution >= 4 is 21.9 Å². The third kappa shape index (κ3) is 5.41. The predicted octanol–water partition coefficient (Wildman–Crippen LogP) is 3.43. The summed E-state index contributed by atoms with van der Waals surface area (Å²) in [4.78, 5) is 11.9. The number of benzene rings is 1. The van der Waals surface area contributed by atoms with Gasteiger partial charge in [0.1, 0.15) is 6.61 Å². The van der Waals surface area contributed by atoms with Crippen molar-refractivity contribution in [1.82, 2.24) is 0 Å². The number of ether oxygens (including phenoxy) is 3. The quantitative estimate of drug-likeness (QED) is 0.598. The van der Waals surface area contributed by atoms with Crippen molar-refractivity contribution in [2.75, 3.05) is 5.33 Å². The standard InChI is InChI=1S/C16H21BrO4/c1-16(2)20-13(8-14(10-17)21-16)9-15(18)19-11-12-6-4-3-5-7-12/h3-7,13-14H,8-11H2,1-2H3. The summed E-state index contributed by atoms with van der Waals surface area (Å²) in [7, 11) is 0. The number of hydrogen-bond acceptors (Lipinski definition) is 4. The average Bonchev–Trinajstić information content (AvgIpc) is 2.44. The molecule has 2 rings (SSSR count). The Labute approximate surface area is 133 Å². The van der Waals surface area contributed by atoms with Crippen LogP contribution in [0.3, 0.4) is 0 Å². The molecular weight excluding hydrogens is 336 g/mol. The van der Waals surface area contributed by atoms with Crippen LogP contribution in [0.2, 0.25) is 0 Å². The molecule has 0 N–H and O–H groups in total. The molecule has 1 saturated heterocycles. The number of carbonyl (C=O) groups is 1. The van der Waals surface area contributed by atoms with Gasteiger partial charge < -0.3 is 14.2 Å². The minimum absolute atomic E-state index is 0.0562. The lowest BCUT2D eigenvalue weighted by Crippen LogP contribution is -2.45. The molecule has 21 heavy (non-hydrogen) atoms. The van der Waals surface area contributed by atoms with Gasteiger partial charge in [0.2, 0.25) is 0 Å². The number of carbonyl (C=O) groups excluding carboxylic acids is 1. The first-order chi connectivity index (χ1) is 9.98. The van der Waals surface area contributed by atoms with Crippen molar-refractivity contribution in [3.05, 3.63) is 35.9 Å². The van der Waals surface area contributed by atoms with E-state index in [2.05, 4.69) is 15.9 Å². The molecule has 2 atom stereocenters. The van der Waals surface area contributed by atoms with Crippen molar-refractivity contribution < 1.29 is 19.0 Å². The molecule has 5 heteroatoms. The molecule has 2 unspecified atom stereocenters. The summed E-state index contributed by atoms with van der Waals surface area (Å²) in [5.41, 5.74) is 0.984. The van der Waals surface area contributed by atoms with Crippen molar-refractivity contribution in [3.63, 3.8) is 0 Å². The maximum absolute atomic E-state index is 11.9. The Morgan fingerprint density at radius 2 is 1.95 bits per heavy atom. The highest BCUT2D eigenvalue weighted by Crippen LogP contribution is 2.29. The zero-order valence-electron chi connectivity index (χ0n) is 12.4. The molecule has 0 bridgehead atoms. The molecule has 1 aliphatic rings. The molecule has 116 valence electrons. The summed E-state index contributed by atoms with van der Waals surface area (Å²) >= 11 is 3.42. The fraction of sp³-hybridized carbons (Fsp3) is 0.562. The van der Waals surface area contributed by atoms with Gasteiger partial charge in [-0.2, -0.15) is 0 Å². The van der Waals surface area contributed by atoms with E-state index in [4.69, 9.17) is 14.2 Å². The topological polar surface area (TPSA) is 44.8 Å². The molecule has 1 aromatic carbocycles. The van der Waals surface area contributed by atoms with E-state index in [1.807, 2.05) is 44.2 Å². The Balaban J connectivity index is 1.81. The third-order valence-corrected chi connectivity index (χ3v) is 3.96. The Morgan fingerprint density at radius 1 is 1.29 bits per heavy atom. The van der Waals surface area contributed by atoms with Crippen LogP contribution in [-0.2, 0) is 25.6 Å². The van der Waals surface area contributed by atoms with Crippen LogP contribution >= 0.6 is 15.9 Å². The first kappa shape index (κ1) is 16.5. The number of esters is 1. The Morgan fingerprint density at radius 3 is 2.62 bits per heavy atom. The van der Waals surface area contributed by atoms with Crippen molar-refractivity contribution in [1.29, 1.82) is 0 Å². The maximum atomic E-state index is 11.9. The van der Waals surface area contributed by atoms with Crippen LogP contribution in [0.1, 0.15) is 32.3 Å². The monoisotopic (exact) mass is 356 g/mol. The molecule has 0 spiro atoms. The van der Waals surface area contributed by atoms with Crippen LogP contribution in [0.5, 0.6) is 0 Å². The lowest BCUT2D eigenvalue weighted by atomic mass is 10.1. The van der Waals surface area contributed by atoms with E-state index in [0.29, 0.717) is 13.0 Å². The first-order valence-electron chi connectivity index (χ1n) is 7.09. The Bertz CT molecular complexity index is 461. The van der Waals surface area contributed by atoms with E-state index < -0.39 is 5.79 Å². The highest BCUT2D eigenvalue weighted by Gasteiger charge is 2.36. The van der Waals surface area contributed by atoms with Gasteiger partial charge in [-0.15, -0.1) is 0 Å². The molecule has 1 heterocycles.